The van der Waals surface area contributed by atoms with E-state index in [0.717, 1.165) is 22.4 Å². The van der Waals surface area contributed by atoms with E-state index in [1.807, 2.05) is 89.9 Å². The first-order valence-corrected chi connectivity index (χ1v) is 19.8. The molecule has 14 nitrogen and oxygen atoms in total. The van der Waals surface area contributed by atoms with Crippen molar-refractivity contribution in [1.29, 1.82) is 0 Å². The summed E-state index contributed by atoms with van der Waals surface area (Å²) in [6, 6.07) is 34.2. The molecule has 60 heavy (non-hydrogen) atoms. The molecule has 14 heteroatoms. The normalized spacial score (nSPS) is 20.6. The lowest BCUT2D eigenvalue weighted by molar-refractivity contribution is 0.0566. The molecule has 0 unspecified atom stereocenters. The van der Waals surface area contributed by atoms with Gasteiger partial charge in [-0.05, 0) is 35.4 Å². The number of hydrogen-bond donors (Lipinski definition) is 1. The van der Waals surface area contributed by atoms with Crippen molar-refractivity contribution < 1.29 is 28.9 Å². The van der Waals surface area contributed by atoms with E-state index in [1.165, 1.54) is 23.2 Å². The van der Waals surface area contributed by atoms with Gasteiger partial charge in [-0.15, -0.1) is 0 Å². The molecule has 4 aliphatic heterocycles. The summed E-state index contributed by atoms with van der Waals surface area (Å²) in [5.74, 6) is -0.0499. The van der Waals surface area contributed by atoms with Gasteiger partial charge in [-0.2, -0.15) is 0 Å². The van der Waals surface area contributed by atoms with Gasteiger partial charge in [-0.25, -0.2) is 0 Å². The standard InChI is InChI=1S/C46H40N6O8/c1-47-37-21-25-59-36-18-9-7-16-32(36)40(52(37)49-23-19-33(53)43(55)41(49)45(47)56)29-13-10-14-30(27-29)60-44-34(54)20-24-50-42(44)46(57)48(2)38-22-26-58-35-17-8-6-15-31(35)39(51(38)50)28-11-4-3-5-12-28/h3-20,23-24,27,37-40,55H,21-22,25-26H2,1-2H3/t37-,38+,39-,40+/m0/s1. The van der Waals surface area contributed by atoms with Gasteiger partial charge in [0.1, 0.15) is 41.7 Å². The number of rotatable bonds is 4. The van der Waals surface area contributed by atoms with Gasteiger partial charge in [-0.1, -0.05) is 78.9 Å². The van der Waals surface area contributed by atoms with Crippen LogP contribution in [0, 0.1) is 0 Å². The molecule has 0 aliphatic carbocycles. The van der Waals surface area contributed by atoms with Crippen molar-refractivity contribution in [2.45, 2.75) is 37.3 Å². The Balaban J connectivity index is 1.12. The highest BCUT2D eigenvalue weighted by molar-refractivity contribution is 5.97. The number of ether oxygens (including phenoxy) is 3. The maximum atomic E-state index is 14.5. The third kappa shape index (κ3) is 5.77. The molecule has 6 heterocycles. The Morgan fingerprint density at radius 1 is 0.583 bits per heavy atom. The average molecular weight is 805 g/mol. The van der Waals surface area contributed by atoms with Crippen molar-refractivity contribution in [2.24, 2.45) is 0 Å². The Labute approximate surface area is 344 Å². The molecule has 4 aliphatic rings. The maximum Gasteiger partial charge on any atom is 0.277 e. The first-order valence-electron chi connectivity index (χ1n) is 19.8. The van der Waals surface area contributed by atoms with Crippen LogP contribution < -0.4 is 35.1 Å². The largest absolute Gasteiger partial charge is 0.502 e. The van der Waals surface area contributed by atoms with Crippen LogP contribution in [0.15, 0.2) is 137 Å². The molecule has 302 valence electrons. The van der Waals surface area contributed by atoms with E-state index in [9.17, 15) is 24.3 Å². The molecule has 0 spiro atoms. The highest BCUT2D eigenvalue weighted by Gasteiger charge is 2.45. The van der Waals surface area contributed by atoms with Crippen LogP contribution in [0.2, 0.25) is 0 Å². The number of fused-ring (bicyclic) bond motifs is 8. The fraction of sp³-hybridized carbons (Fsp3) is 0.217. The van der Waals surface area contributed by atoms with Gasteiger partial charge in [0, 0.05) is 62.6 Å². The Hall–Kier alpha value is -7.48. The lowest BCUT2D eigenvalue weighted by Crippen LogP contribution is -2.62. The number of hydrogen-bond acceptors (Lipinski definition) is 10. The van der Waals surface area contributed by atoms with Crippen LogP contribution >= 0.6 is 0 Å². The first-order chi connectivity index (χ1) is 29.2. The number of aromatic nitrogens is 2. The highest BCUT2D eigenvalue weighted by Crippen LogP contribution is 2.43. The summed E-state index contributed by atoms with van der Waals surface area (Å²) >= 11 is 0. The smallest absolute Gasteiger partial charge is 0.277 e. The van der Waals surface area contributed by atoms with E-state index >= 15 is 0 Å². The quantitative estimate of drug-likeness (QED) is 0.248. The monoisotopic (exact) mass is 804 g/mol. The molecule has 6 aromatic rings. The minimum absolute atomic E-state index is 0.0702. The summed E-state index contributed by atoms with van der Waals surface area (Å²) < 4.78 is 22.5. The van der Waals surface area contributed by atoms with Crippen LogP contribution in [0.25, 0.3) is 0 Å². The molecule has 0 radical (unpaired) electrons. The summed E-state index contributed by atoms with van der Waals surface area (Å²) in [4.78, 5) is 58.1. The molecular formula is C46H40N6O8. The predicted molar refractivity (Wildman–Crippen MR) is 221 cm³/mol. The van der Waals surface area contributed by atoms with Crippen LogP contribution in [0.1, 0.15) is 68.2 Å². The number of amides is 2. The molecule has 0 saturated heterocycles. The van der Waals surface area contributed by atoms with E-state index in [1.54, 1.807) is 52.7 Å². The number of carbonyl (C=O) groups is 2. The zero-order valence-corrected chi connectivity index (χ0v) is 32.8. The number of pyridine rings is 2. The number of carbonyl (C=O) groups excluding carboxylic acids is 2. The van der Waals surface area contributed by atoms with Gasteiger partial charge in [0.25, 0.3) is 11.8 Å². The second-order valence-corrected chi connectivity index (χ2v) is 15.2. The number of nitrogens with zero attached hydrogens (tertiary/aromatic N) is 6. The molecule has 0 saturated carbocycles. The SMILES string of the molecule is CN1C(=O)c2c(Oc3cccc([C@@H]4c5ccccc5OCC[C@H]5N(C)C(=O)c6c(O)c(=O)ccn6N45)c3)c(=O)ccn2N2[C@@H](c3ccccc3)c3ccccc3OCC[C@H]12. The maximum absolute atomic E-state index is 14.5. The van der Waals surface area contributed by atoms with Gasteiger partial charge >= 0.3 is 0 Å². The van der Waals surface area contributed by atoms with E-state index in [0.29, 0.717) is 37.4 Å². The zero-order valence-electron chi connectivity index (χ0n) is 32.8. The molecule has 0 fully saturated rings. The summed E-state index contributed by atoms with van der Waals surface area (Å²) in [6.07, 6.45) is 3.02. The van der Waals surface area contributed by atoms with E-state index in [4.69, 9.17) is 14.2 Å². The molecule has 0 bridgehead atoms. The second kappa shape index (κ2) is 14.4. The fourth-order valence-electron chi connectivity index (χ4n) is 9.07. The van der Waals surface area contributed by atoms with Crippen LogP contribution in [-0.2, 0) is 0 Å². The number of aromatic hydroxyl groups is 1. The summed E-state index contributed by atoms with van der Waals surface area (Å²) in [5, 5.41) is 15.0. The molecule has 4 aromatic carbocycles. The fourth-order valence-corrected chi connectivity index (χ4v) is 9.07. The van der Waals surface area contributed by atoms with Gasteiger partial charge in [0.2, 0.25) is 16.6 Å². The first kappa shape index (κ1) is 36.8. The van der Waals surface area contributed by atoms with Gasteiger partial charge in [-0.3, -0.25) is 38.5 Å². The number of para-hydroxylation sites is 2. The Kier molecular flexibility index (Phi) is 8.85. The average Bonchev–Trinajstić information content (AvgIpc) is 3.25. The van der Waals surface area contributed by atoms with E-state index in [2.05, 4.69) is 5.01 Å². The topological polar surface area (TPSA) is 139 Å². The Bertz CT molecular complexity index is 2810. The van der Waals surface area contributed by atoms with Gasteiger partial charge in [0.05, 0.1) is 13.2 Å². The second-order valence-electron chi connectivity index (χ2n) is 15.2. The minimum atomic E-state index is -0.670. The molecule has 2 aromatic heterocycles. The molecular weight excluding hydrogens is 765 g/mol. The van der Waals surface area contributed by atoms with Crippen molar-refractivity contribution in [3.63, 3.8) is 0 Å². The molecule has 10 rings (SSSR count). The minimum Gasteiger partial charge on any atom is -0.502 e. The van der Waals surface area contributed by atoms with Crippen molar-refractivity contribution in [3.05, 3.63) is 182 Å². The Morgan fingerprint density at radius 3 is 1.73 bits per heavy atom. The van der Waals surface area contributed by atoms with Gasteiger partial charge < -0.3 is 29.1 Å². The van der Waals surface area contributed by atoms with Crippen molar-refractivity contribution in [3.8, 4) is 28.7 Å². The zero-order chi connectivity index (χ0) is 41.2. The van der Waals surface area contributed by atoms with Crippen LogP contribution in [0.3, 0.4) is 0 Å². The summed E-state index contributed by atoms with van der Waals surface area (Å²) in [5.41, 5.74) is 2.07. The van der Waals surface area contributed by atoms with Crippen molar-refractivity contribution in [1.82, 2.24) is 19.2 Å². The van der Waals surface area contributed by atoms with Crippen LogP contribution in [0.5, 0.6) is 28.7 Å². The number of benzene rings is 4. The molecule has 1 N–H and O–H groups in total. The highest BCUT2D eigenvalue weighted by atomic mass is 16.5. The van der Waals surface area contributed by atoms with Crippen LogP contribution in [0.4, 0.5) is 0 Å². The van der Waals surface area contributed by atoms with E-state index < -0.39 is 46.9 Å². The summed E-state index contributed by atoms with van der Waals surface area (Å²) in [6.45, 7) is 0.654. The van der Waals surface area contributed by atoms with Crippen molar-refractivity contribution >= 4 is 11.8 Å². The molecule has 2 amide bonds. The lowest BCUT2D eigenvalue weighted by atomic mass is 9.95. The molecule has 4 atom stereocenters. The summed E-state index contributed by atoms with van der Waals surface area (Å²) in [7, 11) is 3.37. The van der Waals surface area contributed by atoms with Crippen molar-refractivity contribution in [2.75, 3.05) is 37.3 Å². The lowest BCUT2D eigenvalue weighted by Gasteiger charge is -2.50. The van der Waals surface area contributed by atoms with E-state index in [-0.39, 0.29) is 28.8 Å². The Morgan fingerprint density at radius 2 is 1.10 bits per heavy atom. The predicted octanol–water partition coefficient (Wildman–Crippen LogP) is 5.35. The third-order valence-corrected chi connectivity index (χ3v) is 11.9. The van der Waals surface area contributed by atoms with Crippen LogP contribution in [-0.4, -0.2) is 75.7 Å². The van der Waals surface area contributed by atoms with Gasteiger partial charge in [0.15, 0.2) is 17.1 Å². The third-order valence-electron chi connectivity index (χ3n) is 11.9.